The third kappa shape index (κ3) is 3.39. The zero-order valence-electron chi connectivity index (χ0n) is 16.1. The quantitative estimate of drug-likeness (QED) is 0.480. The first-order valence-corrected chi connectivity index (χ1v) is 10.7. The minimum Gasteiger partial charge on any atom is -0.475 e. The van der Waals surface area contributed by atoms with Crippen molar-refractivity contribution in [3.8, 4) is 0 Å². The summed E-state index contributed by atoms with van der Waals surface area (Å²) in [6, 6.07) is 24.5. The highest BCUT2D eigenvalue weighted by atomic mass is 32.2. The van der Waals surface area contributed by atoms with Gasteiger partial charge in [-0.2, -0.15) is 0 Å². The molecule has 30 heavy (non-hydrogen) atoms. The van der Waals surface area contributed by atoms with Crippen LogP contribution in [0.5, 0.6) is 0 Å². The van der Waals surface area contributed by atoms with Crippen LogP contribution in [0.2, 0.25) is 0 Å². The molecule has 148 valence electrons. The number of aromatic nitrogens is 2. The SMILES string of the molecule is O=C(O)c1nc(NC[C@H]2c3ccccc3CSc3ccccc32)c2ccccc2n1. The van der Waals surface area contributed by atoms with Crippen LogP contribution < -0.4 is 5.32 Å². The molecule has 0 saturated carbocycles. The van der Waals surface area contributed by atoms with Gasteiger partial charge < -0.3 is 10.4 Å². The molecule has 0 amide bonds. The molecule has 5 nitrogen and oxygen atoms in total. The summed E-state index contributed by atoms with van der Waals surface area (Å²) < 4.78 is 0. The van der Waals surface area contributed by atoms with E-state index in [0.717, 1.165) is 11.1 Å². The Hall–Kier alpha value is -3.38. The zero-order chi connectivity index (χ0) is 20.5. The predicted molar refractivity (Wildman–Crippen MR) is 119 cm³/mol. The van der Waals surface area contributed by atoms with Gasteiger partial charge in [-0.05, 0) is 34.9 Å². The zero-order valence-corrected chi connectivity index (χ0v) is 16.9. The Morgan fingerprint density at radius 1 is 0.967 bits per heavy atom. The van der Waals surface area contributed by atoms with Crippen LogP contribution in [0.3, 0.4) is 0 Å². The minimum atomic E-state index is -1.13. The number of rotatable bonds is 4. The van der Waals surface area contributed by atoms with Crippen molar-refractivity contribution in [3.05, 3.63) is 95.3 Å². The average Bonchev–Trinajstić information content (AvgIpc) is 2.94. The van der Waals surface area contributed by atoms with E-state index in [0.29, 0.717) is 17.9 Å². The highest BCUT2D eigenvalue weighted by Crippen LogP contribution is 2.40. The Balaban J connectivity index is 1.57. The van der Waals surface area contributed by atoms with Gasteiger partial charge in [-0.25, -0.2) is 14.8 Å². The van der Waals surface area contributed by atoms with E-state index in [4.69, 9.17) is 0 Å². The van der Waals surface area contributed by atoms with Gasteiger partial charge in [0, 0.05) is 28.5 Å². The van der Waals surface area contributed by atoms with Crippen LogP contribution in [0.1, 0.15) is 33.2 Å². The second-order valence-electron chi connectivity index (χ2n) is 7.18. The van der Waals surface area contributed by atoms with E-state index >= 15 is 0 Å². The standard InChI is InChI=1S/C24H19N3O2S/c28-24(29)23-26-20-11-5-3-10-18(20)22(27-23)25-13-19-16-8-2-1-7-15(16)14-30-21-12-6-4-9-17(19)21/h1-12,19H,13-14H2,(H,28,29)(H,25,26,27)/t19-/m0/s1. The molecule has 3 aromatic carbocycles. The van der Waals surface area contributed by atoms with Crippen LogP contribution in [0.4, 0.5) is 5.82 Å². The topological polar surface area (TPSA) is 75.1 Å². The number of hydrogen-bond donors (Lipinski definition) is 2. The normalized spacial score (nSPS) is 15.1. The molecule has 0 aliphatic carbocycles. The third-order valence-corrected chi connectivity index (χ3v) is 6.51. The Labute approximate surface area is 178 Å². The molecule has 1 aliphatic rings. The number of carboxylic acids is 1. The van der Waals surface area contributed by atoms with Gasteiger partial charge in [-0.15, -0.1) is 11.8 Å². The maximum atomic E-state index is 11.5. The molecule has 2 heterocycles. The maximum Gasteiger partial charge on any atom is 0.374 e. The van der Waals surface area contributed by atoms with Crippen molar-refractivity contribution in [3.63, 3.8) is 0 Å². The second-order valence-corrected chi connectivity index (χ2v) is 8.19. The van der Waals surface area contributed by atoms with Crippen LogP contribution in [0.15, 0.2) is 77.7 Å². The first-order valence-electron chi connectivity index (χ1n) is 9.74. The van der Waals surface area contributed by atoms with Gasteiger partial charge in [0.2, 0.25) is 5.82 Å². The lowest BCUT2D eigenvalue weighted by Gasteiger charge is -2.21. The van der Waals surface area contributed by atoms with E-state index < -0.39 is 5.97 Å². The maximum absolute atomic E-state index is 11.5. The van der Waals surface area contributed by atoms with Gasteiger partial charge in [0.15, 0.2) is 0 Å². The Morgan fingerprint density at radius 2 is 1.70 bits per heavy atom. The molecule has 2 N–H and O–H groups in total. The molecule has 6 heteroatoms. The monoisotopic (exact) mass is 413 g/mol. The number of carbonyl (C=O) groups is 1. The number of carboxylic acid groups (broad SMARTS) is 1. The van der Waals surface area contributed by atoms with Gasteiger partial charge in [-0.3, -0.25) is 0 Å². The number of aromatic carboxylic acids is 1. The molecular weight excluding hydrogens is 394 g/mol. The number of anilines is 1. The lowest BCUT2D eigenvalue weighted by Crippen LogP contribution is -2.17. The van der Waals surface area contributed by atoms with Gasteiger partial charge in [-0.1, -0.05) is 54.6 Å². The van der Waals surface area contributed by atoms with Crippen LogP contribution in [0.25, 0.3) is 10.9 Å². The first kappa shape index (κ1) is 18.6. The van der Waals surface area contributed by atoms with E-state index in [1.54, 1.807) is 0 Å². The fraction of sp³-hybridized carbons (Fsp3) is 0.125. The average molecular weight is 414 g/mol. The summed E-state index contributed by atoms with van der Waals surface area (Å²) in [6.45, 7) is 0.606. The van der Waals surface area contributed by atoms with Crippen LogP contribution >= 0.6 is 11.8 Å². The van der Waals surface area contributed by atoms with Crippen molar-refractivity contribution in [2.75, 3.05) is 11.9 Å². The third-order valence-electron chi connectivity index (χ3n) is 5.38. The van der Waals surface area contributed by atoms with E-state index in [2.05, 4.69) is 63.8 Å². The molecule has 1 aliphatic heterocycles. The van der Waals surface area contributed by atoms with Crippen molar-refractivity contribution >= 4 is 34.5 Å². The van der Waals surface area contributed by atoms with E-state index in [1.807, 2.05) is 36.0 Å². The first-order chi connectivity index (χ1) is 14.7. The number of para-hydroxylation sites is 1. The summed E-state index contributed by atoms with van der Waals surface area (Å²) in [5.74, 6) is 0.279. The van der Waals surface area contributed by atoms with Gasteiger partial charge in [0.05, 0.1) is 5.52 Å². The summed E-state index contributed by atoms with van der Waals surface area (Å²) in [7, 11) is 0. The fourth-order valence-corrected chi connectivity index (χ4v) is 5.08. The molecule has 0 unspecified atom stereocenters. The molecular formula is C24H19N3O2S. The highest BCUT2D eigenvalue weighted by Gasteiger charge is 2.24. The van der Waals surface area contributed by atoms with Gasteiger partial charge in [0.25, 0.3) is 0 Å². The summed E-state index contributed by atoms with van der Waals surface area (Å²) in [5.41, 5.74) is 4.50. The molecule has 1 aromatic heterocycles. The number of hydrogen-bond acceptors (Lipinski definition) is 5. The Morgan fingerprint density at radius 3 is 2.57 bits per heavy atom. The van der Waals surface area contributed by atoms with Gasteiger partial charge in [0.1, 0.15) is 5.82 Å². The summed E-state index contributed by atoms with van der Waals surface area (Å²) >= 11 is 1.86. The molecule has 4 aromatic rings. The van der Waals surface area contributed by atoms with Gasteiger partial charge >= 0.3 is 5.97 Å². The van der Waals surface area contributed by atoms with E-state index in [-0.39, 0.29) is 11.7 Å². The highest BCUT2D eigenvalue weighted by molar-refractivity contribution is 7.98. The molecule has 1 atom stereocenters. The predicted octanol–water partition coefficient (Wildman–Crippen LogP) is 5.18. The minimum absolute atomic E-state index is 0.134. The number of thioether (sulfide) groups is 1. The van der Waals surface area contributed by atoms with Crippen molar-refractivity contribution in [2.24, 2.45) is 0 Å². The molecule has 0 bridgehead atoms. The van der Waals surface area contributed by atoms with Crippen LogP contribution in [-0.4, -0.2) is 27.6 Å². The van der Waals surface area contributed by atoms with Crippen molar-refractivity contribution in [1.29, 1.82) is 0 Å². The molecule has 0 saturated heterocycles. The number of fused-ring (bicyclic) bond motifs is 3. The molecule has 5 rings (SSSR count). The Bertz CT molecular complexity index is 1210. The summed E-state index contributed by atoms with van der Waals surface area (Å²) in [6.07, 6.45) is 0. The summed E-state index contributed by atoms with van der Waals surface area (Å²) in [5, 5.41) is 13.7. The molecule has 0 spiro atoms. The number of nitrogens with one attached hydrogen (secondary N) is 1. The van der Waals surface area contributed by atoms with Crippen molar-refractivity contribution in [1.82, 2.24) is 9.97 Å². The lowest BCUT2D eigenvalue weighted by molar-refractivity contribution is 0.0684. The smallest absolute Gasteiger partial charge is 0.374 e. The number of nitrogens with zero attached hydrogens (tertiary/aromatic N) is 2. The summed E-state index contributed by atoms with van der Waals surface area (Å²) in [4.78, 5) is 21.3. The van der Waals surface area contributed by atoms with Crippen molar-refractivity contribution < 1.29 is 9.90 Å². The van der Waals surface area contributed by atoms with Crippen molar-refractivity contribution in [2.45, 2.75) is 16.6 Å². The number of benzene rings is 3. The second kappa shape index (κ2) is 7.80. The lowest BCUT2D eigenvalue weighted by atomic mass is 9.88. The van der Waals surface area contributed by atoms with Crippen LogP contribution in [-0.2, 0) is 5.75 Å². The van der Waals surface area contributed by atoms with E-state index in [1.165, 1.54) is 21.6 Å². The largest absolute Gasteiger partial charge is 0.475 e. The Kier molecular flexibility index (Phi) is 4.85. The van der Waals surface area contributed by atoms with Crippen LogP contribution in [0, 0.1) is 0 Å². The molecule has 0 fully saturated rings. The van der Waals surface area contributed by atoms with E-state index in [9.17, 15) is 9.90 Å². The fourth-order valence-electron chi connectivity index (χ4n) is 3.95. The molecule has 0 radical (unpaired) electrons.